The predicted octanol–water partition coefficient (Wildman–Crippen LogP) is 5.18. The van der Waals surface area contributed by atoms with Crippen LogP contribution in [0.3, 0.4) is 0 Å². The summed E-state index contributed by atoms with van der Waals surface area (Å²) < 4.78 is 11.9. The first-order valence-corrected chi connectivity index (χ1v) is 16.4. The second kappa shape index (κ2) is 11.4. The minimum absolute atomic E-state index is 0.131. The summed E-state index contributed by atoms with van der Waals surface area (Å²) in [6, 6.07) is 0. The van der Waals surface area contributed by atoms with Crippen LogP contribution in [0.1, 0.15) is 120 Å². The number of hydrogen-bond acceptors (Lipinski definition) is 8. The van der Waals surface area contributed by atoms with Gasteiger partial charge in [-0.05, 0) is 99.7 Å². The van der Waals surface area contributed by atoms with Crippen molar-refractivity contribution in [1.82, 2.24) is 0 Å². The Balaban J connectivity index is 1.71. The molecule has 44 heavy (non-hydrogen) atoms. The number of aliphatic hydroxyl groups excluding tert-OH is 1. The molecular weight excluding hydrogens is 564 g/mol. The summed E-state index contributed by atoms with van der Waals surface area (Å²) in [6.45, 7) is 19.7. The molecule has 4 rings (SSSR count). The zero-order valence-corrected chi connectivity index (χ0v) is 28.1. The molecule has 0 aromatic rings. The molecule has 11 atom stereocenters. The first-order valence-electron chi connectivity index (χ1n) is 16.4. The van der Waals surface area contributed by atoms with Gasteiger partial charge in [0.15, 0.2) is 0 Å². The van der Waals surface area contributed by atoms with Gasteiger partial charge in [-0.1, -0.05) is 46.8 Å². The van der Waals surface area contributed by atoms with Gasteiger partial charge < -0.3 is 29.9 Å². The Morgan fingerprint density at radius 1 is 0.955 bits per heavy atom. The standard InChI is InChI=1S/C35H56O9/c1-20(2)22(37)10-15-34(9,41)35(42)17-16-33(8)29(35)23(43-21(3)36)18-25-31(6)13-12-26(44-28(40)19-27(38)39)30(4,5)24(31)11-14-32(25,33)7/h22-26,29,37,41-42H,1,10-19H2,2-9H3,(H,38,39)/t22?,23?,24-,25+,26?,29-,31-,32+,33+,34-,35+/m0/s1. The van der Waals surface area contributed by atoms with Gasteiger partial charge in [0, 0.05) is 18.3 Å². The molecule has 0 amide bonds. The SMILES string of the molecule is C=C(C)C(O)CC[C@](C)(O)[C@@]1(O)CC[C@]2(C)[C@@H]1C(OC(C)=O)C[C@@H]1[C@@]3(C)CCC(OC(=O)CC(=O)O)C(C)(C)[C@@H]3CC[C@]12C. The maximum Gasteiger partial charge on any atom is 0.317 e. The molecule has 0 spiro atoms. The molecule has 4 aliphatic rings. The van der Waals surface area contributed by atoms with Crippen molar-refractivity contribution in [3.63, 3.8) is 0 Å². The molecule has 4 saturated carbocycles. The fourth-order valence-electron chi connectivity index (χ4n) is 11.1. The third-order valence-electron chi connectivity index (χ3n) is 13.7. The highest BCUT2D eigenvalue weighted by molar-refractivity contribution is 5.90. The first kappa shape index (κ1) is 34.9. The van der Waals surface area contributed by atoms with Crippen molar-refractivity contribution in [1.29, 1.82) is 0 Å². The van der Waals surface area contributed by atoms with E-state index in [0.29, 0.717) is 31.3 Å². The van der Waals surface area contributed by atoms with Crippen LogP contribution in [0.2, 0.25) is 0 Å². The molecule has 4 fully saturated rings. The first-order chi connectivity index (χ1) is 20.1. The van der Waals surface area contributed by atoms with E-state index in [1.54, 1.807) is 13.8 Å². The lowest BCUT2D eigenvalue weighted by molar-refractivity contribution is -0.275. The van der Waals surface area contributed by atoms with Crippen LogP contribution in [-0.4, -0.2) is 67.8 Å². The van der Waals surface area contributed by atoms with Gasteiger partial charge in [0.25, 0.3) is 0 Å². The average Bonchev–Trinajstić information content (AvgIpc) is 3.19. The third kappa shape index (κ3) is 5.32. The average molecular weight is 621 g/mol. The second-order valence-electron chi connectivity index (χ2n) is 16.4. The van der Waals surface area contributed by atoms with Crippen molar-refractivity contribution in [2.75, 3.05) is 0 Å². The van der Waals surface area contributed by atoms with Crippen LogP contribution < -0.4 is 0 Å². The molecule has 250 valence electrons. The quantitative estimate of drug-likeness (QED) is 0.155. The largest absolute Gasteiger partial charge is 0.481 e. The van der Waals surface area contributed by atoms with E-state index in [1.165, 1.54) is 6.92 Å². The molecule has 0 saturated heterocycles. The number of aliphatic carboxylic acids is 1. The zero-order valence-electron chi connectivity index (χ0n) is 28.1. The zero-order chi connectivity index (χ0) is 33.3. The highest BCUT2D eigenvalue weighted by Gasteiger charge is 2.75. The predicted molar refractivity (Wildman–Crippen MR) is 164 cm³/mol. The Hall–Kier alpha value is -1.97. The summed E-state index contributed by atoms with van der Waals surface area (Å²) in [5, 5.41) is 44.0. The van der Waals surface area contributed by atoms with E-state index in [9.17, 15) is 29.7 Å². The van der Waals surface area contributed by atoms with E-state index in [2.05, 4.69) is 41.2 Å². The van der Waals surface area contributed by atoms with Crippen molar-refractivity contribution in [2.24, 2.45) is 39.4 Å². The second-order valence-corrected chi connectivity index (χ2v) is 16.4. The maximum absolute atomic E-state index is 12.6. The Bertz CT molecular complexity index is 1180. The minimum atomic E-state index is -1.53. The molecule has 0 heterocycles. The molecule has 0 bridgehead atoms. The van der Waals surface area contributed by atoms with Gasteiger partial charge in [0.1, 0.15) is 18.6 Å². The number of rotatable bonds is 9. The van der Waals surface area contributed by atoms with Crippen molar-refractivity contribution in [3.05, 3.63) is 12.2 Å². The van der Waals surface area contributed by atoms with Crippen LogP contribution in [0.25, 0.3) is 0 Å². The van der Waals surface area contributed by atoms with E-state index in [1.807, 2.05) is 0 Å². The Morgan fingerprint density at radius 2 is 1.59 bits per heavy atom. The number of carboxylic acid groups (broad SMARTS) is 1. The van der Waals surface area contributed by atoms with Gasteiger partial charge in [-0.3, -0.25) is 14.4 Å². The van der Waals surface area contributed by atoms with E-state index in [-0.39, 0.29) is 35.5 Å². The van der Waals surface area contributed by atoms with Crippen LogP contribution in [0.15, 0.2) is 12.2 Å². The maximum atomic E-state index is 12.6. The van der Waals surface area contributed by atoms with E-state index < -0.39 is 70.6 Å². The fraction of sp³-hybridized carbons (Fsp3) is 0.857. The van der Waals surface area contributed by atoms with Gasteiger partial charge in [-0.2, -0.15) is 0 Å². The fourth-order valence-corrected chi connectivity index (χ4v) is 11.1. The summed E-state index contributed by atoms with van der Waals surface area (Å²) in [4.78, 5) is 36.1. The summed E-state index contributed by atoms with van der Waals surface area (Å²) in [5.74, 6) is -2.53. The molecule has 9 nitrogen and oxygen atoms in total. The Morgan fingerprint density at radius 3 is 2.16 bits per heavy atom. The highest BCUT2D eigenvalue weighted by atomic mass is 16.6. The normalized spacial score (nSPS) is 42.9. The highest BCUT2D eigenvalue weighted by Crippen LogP contribution is 2.76. The monoisotopic (exact) mass is 620 g/mol. The molecule has 4 aliphatic carbocycles. The number of carboxylic acids is 1. The Kier molecular flexibility index (Phi) is 9.02. The van der Waals surface area contributed by atoms with E-state index in [0.717, 1.165) is 19.3 Å². The van der Waals surface area contributed by atoms with Gasteiger partial charge in [-0.25, -0.2) is 0 Å². The van der Waals surface area contributed by atoms with Crippen LogP contribution >= 0.6 is 0 Å². The Labute approximate surface area is 262 Å². The summed E-state index contributed by atoms with van der Waals surface area (Å²) in [5.41, 5.74) is -3.74. The molecule has 0 aromatic carbocycles. The molecule has 0 aromatic heterocycles. The number of ether oxygens (including phenoxy) is 2. The van der Waals surface area contributed by atoms with Crippen LogP contribution in [0.4, 0.5) is 0 Å². The van der Waals surface area contributed by atoms with Crippen molar-refractivity contribution < 1.29 is 44.3 Å². The third-order valence-corrected chi connectivity index (χ3v) is 13.7. The van der Waals surface area contributed by atoms with E-state index in [4.69, 9.17) is 14.6 Å². The topological polar surface area (TPSA) is 151 Å². The number of hydrogen-bond donors (Lipinski definition) is 4. The van der Waals surface area contributed by atoms with Crippen molar-refractivity contribution in [2.45, 2.75) is 149 Å². The van der Waals surface area contributed by atoms with Crippen LogP contribution in [0, 0.1) is 39.4 Å². The number of fused-ring (bicyclic) bond motifs is 5. The summed E-state index contributed by atoms with van der Waals surface area (Å²) in [7, 11) is 0. The summed E-state index contributed by atoms with van der Waals surface area (Å²) >= 11 is 0. The molecular formula is C35H56O9. The molecule has 0 aliphatic heterocycles. The van der Waals surface area contributed by atoms with Crippen molar-refractivity contribution in [3.8, 4) is 0 Å². The van der Waals surface area contributed by atoms with Gasteiger partial charge in [0.2, 0.25) is 0 Å². The number of carbonyl (C=O) groups excluding carboxylic acids is 2. The summed E-state index contributed by atoms with van der Waals surface area (Å²) in [6.07, 6.45) is 2.70. The van der Waals surface area contributed by atoms with Gasteiger partial charge >= 0.3 is 17.9 Å². The molecule has 3 unspecified atom stereocenters. The number of esters is 2. The number of carbonyl (C=O) groups is 3. The van der Waals surface area contributed by atoms with Crippen LogP contribution in [-0.2, 0) is 23.9 Å². The molecule has 4 N–H and O–H groups in total. The van der Waals surface area contributed by atoms with Gasteiger partial charge in [0.05, 0.1) is 17.3 Å². The van der Waals surface area contributed by atoms with Crippen molar-refractivity contribution >= 4 is 17.9 Å². The molecule has 9 heteroatoms. The lowest BCUT2D eigenvalue weighted by Crippen LogP contribution is -2.70. The lowest BCUT2D eigenvalue weighted by atomic mass is 9.35. The van der Waals surface area contributed by atoms with Crippen LogP contribution in [0.5, 0.6) is 0 Å². The molecule has 0 radical (unpaired) electrons. The smallest absolute Gasteiger partial charge is 0.317 e. The number of aliphatic hydroxyl groups is 3. The van der Waals surface area contributed by atoms with Gasteiger partial charge in [-0.15, -0.1) is 0 Å². The minimum Gasteiger partial charge on any atom is -0.481 e. The van der Waals surface area contributed by atoms with E-state index >= 15 is 0 Å². The lowest BCUT2D eigenvalue weighted by Gasteiger charge is -2.71.